The van der Waals surface area contributed by atoms with Crippen molar-refractivity contribution in [2.75, 3.05) is 37.7 Å². The number of amides is 1. The lowest BCUT2D eigenvalue weighted by Crippen LogP contribution is -2.36. The number of anilines is 1. The van der Waals surface area contributed by atoms with Gasteiger partial charge in [0.2, 0.25) is 0 Å². The molecule has 3 heterocycles. The van der Waals surface area contributed by atoms with E-state index in [0.717, 1.165) is 56.0 Å². The number of carbonyl (C=O) groups is 1. The summed E-state index contributed by atoms with van der Waals surface area (Å²) < 4.78 is 5.41. The number of aromatic amines is 1. The summed E-state index contributed by atoms with van der Waals surface area (Å²) in [4.78, 5) is 20.8. The van der Waals surface area contributed by atoms with Crippen molar-refractivity contribution in [3.63, 3.8) is 0 Å². The van der Waals surface area contributed by atoms with E-state index in [1.807, 2.05) is 23.1 Å². The second-order valence-corrected chi connectivity index (χ2v) is 7.25. The SMILES string of the molecule is O=C(c1ccc(N2CCOCC2)cc1)N1CCc2[nH]c3ccccc3c2C1. The molecule has 27 heavy (non-hydrogen) atoms. The minimum atomic E-state index is 0.111. The molecule has 0 atom stereocenters. The minimum absolute atomic E-state index is 0.111. The number of rotatable bonds is 2. The first-order valence-corrected chi connectivity index (χ1v) is 9.60. The van der Waals surface area contributed by atoms with Crippen LogP contribution in [0.5, 0.6) is 0 Å². The molecule has 5 heteroatoms. The first kappa shape index (κ1) is 16.4. The van der Waals surface area contributed by atoms with Gasteiger partial charge < -0.3 is 19.5 Å². The van der Waals surface area contributed by atoms with Gasteiger partial charge in [-0.1, -0.05) is 18.2 Å². The molecule has 1 N–H and O–H groups in total. The molecule has 2 aliphatic rings. The molecule has 0 spiro atoms. The smallest absolute Gasteiger partial charge is 0.254 e. The van der Waals surface area contributed by atoms with Crippen LogP contribution in [0.2, 0.25) is 0 Å². The zero-order chi connectivity index (χ0) is 18.2. The molecular weight excluding hydrogens is 338 g/mol. The lowest BCUT2D eigenvalue weighted by atomic mass is 10.0. The molecule has 2 aromatic carbocycles. The number of nitrogens with zero attached hydrogens (tertiary/aromatic N) is 2. The van der Waals surface area contributed by atoms with E-state index in [1.54, 1.807) is 0 Å². The van der Waals surface area contributed by atoms with Gasteiger partial charge in [0.25, 0.3) is 5.91 Å². The molecule has 0 saturated carbocycles. The average molecular weight is 361 g/mol. The van der Waals surface area contributed by atoms with E-state index in [-0.39, 0.29) is 5.91 Å². The van der Waals surface area contributed by atoms with Gasteiger partial charge in [-0.2, -0.15) is 0 Å². The molecule has 5 nitrogen and oxygen atoms in total. The summed E-state index contributed by atoms with van der Waals surface area (Å²) in [5.41, 5.74) is 5.60. The zero-order valence-corrected chi connectivity index (χ0v) is 15.3. The van der Waals surface area contributed by atoms with Crippen molar-refractivity contribution in [2.45, 2.75) is 13.0 Å². The Balaban J connectivity index is 1.35. The van der Waals surface area contributed by atoms with E-state index < -0.39 is 0 Å². The second kappa shape index (κ2) is 6.74. The van der Waals surface area contributed by atoms with Gasteiger partial charge in [0.1, 0.15) is 0 Å². The number of benzene rings is 2. The highest BCUT2D eigenvalue weighted by atomic mass is 16.5. The molecule has 0 bridgehead atoms. The highest BCUT2D eigenvalue weighted by Gasteiger charge is 2.24. The predicted molar refractivity (Wildman–Crippen MR) is 106 cm³/mol. The fourth-order valence-corrected chi connectivity index (χ4v) is 4.16. The molecule has 2 aliphatic heterocycles. The number of carbonyl (C=O) groups excluding carboxylic acids is 1. The van der Waals surface area contributed by atoms with Crippen molar-refractivity contribution < 1.29 is 9.53 Å². The van der Waals surface area contributed by atoms with Gasteiger partial charge in [-0.15, -0.1) is 0 Å². The number of para-hydroxylation sites is 1. The van der Waals surface area contributed by atoms with E-state index in [2.05, 4.69) is 40.2 Å². The monoisotopic (exact) mass is 361 g/mol. The van der Waals surface area contributed by atoms with Gasteiger partial charge in [0.15, 0.2) is 0 Å². The van der Waals surface area contributed by atoms with E-state index in [0.29, 0.717) is 6.54 Å². The van der Waals surface area contributed by atoms with Crippen LogP contribution in [0.15, 0.2) is 48.5 Å². The summed E-state index contributed by atoms with van der Waals surface area (Å²) in [7, 11) is 0. The Bertz CT molecular complexity index is 971. The van der Waals surface area contributed by atoms with Crippen molar-refractivity contribution in [1.82, 2.24) is 9.88 Å². The molecule has 1 aromatic heterocycles. The van der Waals surface area contributed by atoms with Crippen LogP contribution in [-0.4, -0.2) is 48.6 Å². The first-order chi connectivity index (χ1) is 13.3. The topological polar surface area (TPSA) is 48.6 Å². The Morgan fingerprint density at radius 1 is 0.963 bits per heavy atom. The molecule has 3 aromatic rings. The number of hydrogen-bond donors (Lipinski definition) is 1. The van der Waals surface area contributed by atoms with Crippen LogP contribution in [0.3, 0.4) is 0 Å². The molecule has 1 fully saturated rings. The molecule has 0 aliphatic carbocycles. The number of aromatic nitrogens is 1. The Labute approximate surface area is 158 Å². The lowest BCUT2D eigenvalue weighted by molar-refractivity contribution is 0.0735. The molecule has 138 valence electrons. The van der Waals surface area contributed by atoms with Crippen LogP contribution in [0.4, 0.5) is 5.69 Å². The largest absolute Gasteiger partial charge is 0.378 e. The van der Waals surface area contributed by atoms with Gasteiger partial charge in [-0.3, -0.25) is 4.79 Å². The lowest BCUT2D eigenvalue weighted by Gasteiger charge is -2.29. The van der Waals surface area contributed by atoms with Crippen molar-refractivity contribution in [3.05, 3.63) is 65.4 Å². The van der Waals surface area contributed by atoms with Crippen LogP contribution in [0, 0.1) is 0 Å². The summed E-state index contributed by atoms with van der Waals surface area (Å²) >= 11 is 0. The maximum atomic E-state index is 13.0. The summed E-state index contributed by atoms with van der Waals surface area (Å²) in [5, 5.41) is 1.23. The Morgan fingerprint density at radius 3 is 2.56 bits per heavy atom. The summed E-state index contributed by atoms with van der Waals surface area (Å²) in [5.74, 6) is 0.111. The molecule has 0 unspecified atom stereocenters. The second-order valence-electron chi connectivity index (χ2n) is 7.25. The van der Waals surface area contributed by atoms with Gasteiger partial charge >= 0.3 is 0 Å². The van der Waals surface area contributed by atoms with Gasteiger partial charge in [0.05, 0.1) is 13.2 Å². The molecule has 0 radical (unpaired) electrons. The van der Waals surface area contributed by atoms with Crippen LogP contribution in [0.1, 0.15) is 21.6 Å². The highest BCUT2D eigenvalue weighted by molar-refractivity contribution is 5.95. The number of nitrogens with one attached hydrogen (secondary N) is 1. The highest BCUT2D eigenvalue weighted by Crippen LogP contribution is 2.28. The Hall–Kier alpha value is -2.79. The standard InChI is InChI=1S/C22H23N3O2/c26-22(16-5-7-17(8-6-16)24-11-13-27-14-12-24)25-10-9-21-19(15-25)18-3-1-2-4-20(18)23-21/h1-8,23H,9-15H2. The molecule has 1 saturated heterocycles. The third-order valence-electron chi connectivity index (χ3n) is 5.66. The summed E-state index contributed by atoms with van der Waals surface area (Å²) in [6.07, 6.45) is 0.877. The number of hydrogen-bond acceptors (Lipinski definition) is 3. The number of ether oxygens (including phenoxy) is 1. The van der Waals surface area contributed by atoms with E-state index in [9.17, 15) is 4.79 Å². The summed E-state index contributed by atoms with van der Waals surface area (Å²) in [6.45, 7) is 4.77. The fraction of sp³-hybridized carbons (Fsp3) is 0.318. The predicted octanol–water partition coefficient (Wildman–Crippen LogP) is 3.20. The molecule has 1 amide bonds. The minimum Gasteiger partial charge on any atom is -0.378 e. The van der Waals surface area contributed by atoms with Crippen molar-refractivity contribution in [3.8, 4) is 0 Å². The third-order valence-corrected chi connectivity index (χ3v) is 5.66. The maximum absolute atomic E-state index is 13.0. The Kier molecular flexibility index (Phi) is 4.09. The van der Waals surface area contributed by atoms with E-state index in [1.165, 1.54) is 16.6 Å². The van der Waals surface area contributed by atoms with Crippen molar-refractivity contribution >= 4 is 22.5 Å². The van der Waals surface area contributed by atoms with E-state index in [4.69, 9.17) is 4.74 Å². The van der Waals surface area contributed by atoms with Crippen LogP contribution < -0.4 is 4.90 Å². The van der Waals surface area contributed by atoms with Gasteiger partial charge in [-0.05, 0) is 30.3 Å². The summed E-state index contributed by atoms with van der Waals surface area (Å²) in [6, 6.07) is 16.4. The maximum Gasteiger partial charge on any atom is 0.254 e. The van der Waals surface area contributed by atoms with Gasteiger partial charge in [-0.25, -0.2) is 0 Å². The van der Waals surface area contributed by atoms with Gasteiger partial charge in [0, 0.05) is 66.0 Å². The zero-order valence-electron chi connectivity index (χ0n) is 15.3. The Morgan fingerprint density at radius 2 is 1.74 bits per heavy atom. The number of H-pyrrole nitrogens is 1. The first-order valence-electron chi connectivity index (χ1n) is 9.60. The number of morpholine rings is 1. The number of fused-ring (bicyclic) bond motifs is 3. The third kappa shape index (κ3) is 2.98. The van der Waals surface area contributed by atoms with E-state index >= 15 is 0 Å². The normalized spacial score (nSPS) is 17.2. The van der Waals surface area contributed by atoms with Crippen LogP contribution >= 0.6 is 0 Å². The quantitative estimate of drug-likeness (QED) is 0.763. The van der Waals surface area contributed by atoms with Crippen LogP contribution in [-0.2, 0) is 17.7 Å². The van der Waals surface area contributed by atoms with Crippen LogP contribution in [0.25, 0.3) is 10.9 Å². The van der Waals surface area contributed by atoms with Crippen molar-refractivity contribution in [1.29, 1.82) is 0 Å². The fourth-order valence-electron chi connectivity index (χ4n) is 4.16. The molecular formula is C22H23N3O2. The molecule has 5 rings (SSSR count). The average Bonchev–Trinajstić information content (AvgIpc) is 3.12. The van der Waals surface area contributed by atoms with Crippen molar-refractivity contribution in [2.24, 2.45) is 0 Å².